The smallest absolute Gasteiger partial charge is 0.194 e. The Balaban J connectivity index is 0.00000220. The van der Waals surface area contributed by atoms with Crippen molar-refractivity contribution in [3.63, 3.8) is 0 Å². The number of guanidine groups is 1. The third-order valence-electron chi connectivity index (χ3n) is 4.74. The van der Waals surface area contributed by atoms with Gasteiger partial charge >= 0.3 is 0 Å². The Morgan fingerprint density at radius 1 is 1.43 bits per heavy atom. The van der Waals surface area contributed by atoms with Crippen molar-refractivity contribution in [3.05, 3.63) is 17.5 Å². The molecule has 6 heteroatoms. The fourth-order valence-electron chi connectivity index (χ4n) is 2.47. The number of aliphatic imine (C=N–C) groups is 1. The van der Waals surface area contributed by atoms with Crippen molar-refractivity contribution in [2.75, 3.05) is 13.6 Å². The molecule has 0 saturated carbocycles. The Morgan fingerprint density at radius 2 is 2.10 bits per heavy atom. The molecule has 0 aliphatic carbocycles. The van der Waals surface area contributed by atoms with Crippen LogP contribution in [0.15, 0.2) is 15.6 Å². The lowest BCUT2D eigenvalue weighted by molar-refractivity contribution is -0.0668. The maximum absolute atomic E-state index is 5.29. The highest BCUT2D eigenvalue weighted by molar-refractivity contribution is 14.0. The molecule has 21 heavy (non-hydrogen) atoms. The van der Waals surface area contributed by atoms with E-state index in [-0.39, 0.29) is 29.5 Å². The van der Waals surface area contributed by atoms with Crippen LogP contribution >= 0.6 is 24.0 Å². The Kier molecular flexibility index (Phi) is 5.69. The molecular formula is C15H27IN4O. The average Bonchev–Trinajstić information content (AvgIpc) is 2.86. The second-order valence-corrected chi connectivity index (χ2v) is 6.57. The number of hydrogen-bond acceptors (Lipinski definition) is 3. The van der Waals surface area contributed by atoms with Crippen molar-refractivity contribution >= 4 is 29.9 Å². The number of likely N-dealkylation sites (tertiary alicyclic amines) is 1. The van der Waals surface area contributed by atoms with Crippen molar-refractivity contribution in [3.8, 4) is 0 Å². The van der Waals surface area contributed by atoms with Gasteiger partial charge in [-0.25, -0.2) is 0 Å². The topological polar surface area (TPSA) is 53.7 Å². The zero-order valence-electron chi connectivity index (χ0n) is 13.9. The monoisotopic (exact) mass is 406 g/mol. The first kappa shape index (κ1) is 18.3. The molecule has 0 spiro atoms. The number of halogens is 1. The van der Waals surface area contributed by atoms with Crippen LogP contribution in [-0.2, 0) is 13.0 Å². The van der Waals surface area contributed by atoms with Crippen molar-refractivity contribution in [1.29, 1.82) is 0 Å². The fraction of sp³-hybridized carbons (Fsp3) is 0.733. The molecule has 0 radical (unpaired) electrons. The second kappa shape index (κ2) is 6.54. The van der Waals surface area contributed by atoms with Crippen LogP contribution in [0.3, 0.4) is 0 Å². The van der Waals surface area contributed by atoms with E-state index < -0.39 is 0 Å². The van der Waals surface area contributed by atoms with Gasteiger partial charge in [0.2, 0.25) is 0 Å². The van der Waals surface area contributed by atoms with E-state index in [4.69, 9.17) is 4.52 Å². The minimum Gasteiger partial charge on any atom is -0.359 e. The molecule has 0 amide bonds. The molecule has 1 aliphatic heterocycles. The number of aromatic nitrogens is 1. The van der Waals surface area contributed by atoms with Crippen LogP contribution in [0, 0.1) is 5.41 Å². The Bertz CT molecular complexity index is 508. The largest absolute Gasteiger partial charge is 0.359 e. The number of aryl methyl sites for hydroxylation is 1. The SMILES string of the molecule is CCc1cc(CNC(=NC)N2CC(C)(C)C2(C)C)on1.I. The first-order chi connectivity index (χ1) is 9.31. The molecule has 2 rings (SSSR count). The molecule has 1 aliphatic rings. The first-order valence-electron chi connectivity index (χ1n) is 7.24. The van der Waals surface area contributed by atoms with E-state index in [2.05, 4.69) is 55.0 Å². The molecule has 1 aromatic rings. The zero-order chi connectivity index (χ0) is 15.0. The van der Waals surface area contributed by atoms with Gasteiger partial charge in [-0.3, -0.25) is 4.99 Å². The molecule has 120 valence electrons. The van der Waals surface area contributed by atoms with Crippen LogP contribution in [0.1, 0.15) is 46.1 Å². The van der Waals surface area contributed by atoms with Crippen LogP contribution in [0.2, 0.25) is 0 Å². The van der Waals surface area contributed by atoms with Gasteiger partial charge < -0.3 is 14.7 Å². The van der Waals surface area contributed by atoms with Crippen molar-refractivity contribution in [1.82, 2.24) is 15.4 Å². The molecule has 5 nitrogen and oxygen atoms in total. The minimum absolute atomic E-state index is 0. The van der Waals surface area contributed by atoms with Gasteiger partial charge in [-0.1, -0.05) is 25.9 Å². The van der Waals surface area contributed by atoms with Gasteiger partial charge in [0.15, 0.2) is 11.7 Å². The fourth-order valence-corrected chi connectivity index (χ4v) is 2.47. The molecule has 0 unspecified atom stereocenters. The highest BCUT2D eigenvalue weighted by Gasteiger charge is 2.53. The number of hydrogen-bond donors (Lipinski definition) is 1. The van der Waals surface area contributed by atoms with Gasteiger partial charge in [-0.15, -0.1) is 24.0 Å². The van der Waals surface area contributed by atoms with E-state index in [1.807, 2.05) is 13.1 Å². The maximum Gasteiger partial charge on any atom is 0.194 e. The van der Waals surface area contributed by atoms with Gasteiger partial charge in [0.05, 0.1) is 12.2 Å². The summed E-state index contributed by atoms with van der Waals surface area (Å²) in [7, 11) is 1.82. The standard InChI is InChI=1S/C15H26N4O.HI/c1-7-11-8-12(20-18-11)9-17-13(16-6)19-10-14(2,3)15(19,4)5;/h8H,7,9-10H2,1-6H3,(H,16,17);1H. The third kappa shape index (κ3) is 3.35. The van der Waals surface area contributed by atoms with E-state index in [1.54, 1.807) is 0 Å². The van der Waals surface area contributed by atoms with E-state index >= 15 is 0 Å². The molecule has 1 fully saturated rings. The Hall–Kier alpha value is -0.790. The Labute approximate surface area is 144 Å². The van der Waals surface area contributed by atoms with E-state index in [0.717, 1.165) is 30.4 Å². The van der Waals surface area contributed by atoms with Crippen LogP contribution in [-0.4, -0.2) is 35.1 Å². The van der Waals surface area contributed by atoms with E-state index in [1.165, 1.54) is 0 Å². The van der Waals surface area contributed by atoms with Gasteiger partial charge in [-0.05, 0) is 20.3 Å². The summed E-state index contributed by atoms with van der Waals surface area (Å²) < 4.78 is 5.29. The normalized spacial score (nSPS) is 19.7. The molecule has 0 atom stereocenters. The molecular weight excluding hydrogens is 379 g/mol. The highest BCUT2D eigenvalue weighted by Crippen LogP contribution is 2.46. The van der Waals surface area contributed by atoms with Crippen LogP contribution < -0.4 is 5.32 Å². The predicted molar refractivity (Wildman–Crippen MR) is 96.1 cm³/mol. The van der Waals surface area contributed by atoms with Crippen molar-refractivity contribution in [2.45, 2.75) is 53.1 Å². The van der Waals surface area contributed by atoms with Gasteiger partial charge in [0.1, 0.15) is 0 Å². The summed E-state index contributed by atoms with van der Waals surface area (Å²) in [6.07, 6.45) is 0.894. The summed E-state index contributed by atoms with van der Waals surface area (Å²) in [6.45, 7) is 12.8. The minimum atomic E-state index is 0. The zero-order valence-corrected chi connectivity index (χ0v) is 16.2. The summed E-state index contributed by atoms with van der Waals surface area (Å²) in [5.74, 6) is 1.77. The van der Waals surface area contributed by atoms with E-state index in [0.29, 0.717) is 12.0 Å². The number of nitrogens with zero attached hydrogens (tertiary/aromatic N) is 3. The van der Waals surface area contributed by atoms with Gasteiger partial charge in [0, 0.05) is 30.6 Å². The summed E-state index contributed by atoms with van der Waals surface area (Å²) in [4.78, 5) is 6.69. The third-order valence-corrected chi connectivity index (χ3v) is 4.74. The van der Waals surface area contributed by atoms with Crippen molar-refractivity contribution < 1.29 is 4.52 Å². The number of nitrogens with one attached hydrogen (secondary N) is 1. The maximum atomic E-state index is 5.29. The van der Waals surface area contributed by atoms with Gasteiger partial charge in [-0.2, -0.15) is 0 Å². The highest BCUT2D eigenvalue weighted by atomic mass is 127. The molecule has 2 heterocycles. The summed E-state index contributed by atoms with van der Waals surface area (Å²) in [5, 5.41) is 7.36. The molecule has 1 aromatic heterocycles. The van der Waals surface area contributed by atoms with Crippen LogP contribution in [0.5, 0.6) is 0 Å². The molecule has 0 aromatic carbocycles. The predicted octanol–water partition coefficient (Wildman–Crippen LogP) is 3.05. The Morgan fingerprint density at radius 3 is 2.52 bits per heavy atom. The number of rotatable bonds is 3. The van der Waals surface area contributed by atoms with Crippen LogP contribution in [0.4, 0.5) is 0 Å². The summed E-state index contributed by atoms with van der Waals surface area (Å²) >= 11 is 0. The van der Waals surface area contributed by atoms with Crippen LogP contribution in [0.25, 0.3) is 0 Å². The van der Waals surface area contributed by atoms with Crippen molar-refractivity contribution in [2.24, 2.45) is 10.4 Å². The molecule has 1 N–H and O–H groups in total. The lowest BCUT2D eigenvalue weighted by atomic mass is 9.65. The quantitative estimate of drug-likeness (QED) is 0.476. The second-order valence-electron chi connectivity index (χ2n) is 6.57. The first-order valence-corrected chi connectivity index (χ1v) is 7.24. The van der Waals surface area contributed by atoms with E-state index in [9.17, 15) is 0 Å². The average molecular weight is 406 g/mol. The summed E-state index contributed by atoms with van der Waals surface area (Å²) in [5.41, 5.74) is 1.39. The molecule has 1 saturated heterocycles. The lowest BCUT2D eigenvalue weighted by Crippen LogP contribution is -2.72. The lowest BCUT2D eigenvalue weighted by Gasteiger charge is -2.62. The van der Waals surface area contributed by atoms with Gasteiger partial charge in [0.25, 0.3) is 0 Å². The summed E-state index contributed by atoms with van der Waals surface area (Å²) in [6, 6.07) is 1.99. The molecule has 0 bridgehead atoms.